The van der Waals surface area contributed by atoms with Crippen LogP contribution < -0.4 is 0 Å². The molecule has 0 aliphatic carbocycles. The van der Waals surface area contributed by atoms with Gasteiger partial charge in [0.25, 0.3) is 0 Å². The van der Waals surface area contributed by atoms with E-state index in [4.69, 9.17) is 11.6 Å². The zero-order valence-electron chi connectivity index (χ0n) is 15.3. The largest absolute Gasteiger partial charge is 0.264 e. The Hall–Kier alpha value is -2.21. The van der Waals surface area contributed by atoms with E-state index < -0.39 is 10.0 Å². The smallest absolute Gasteiger partial charge is 0.243 e. The molecule has 1 heterocycles. The Morgan fingerprint density at radius 2 is 1.74 bits per heavy atom. The molecule has 0 spiro atoms. The van der Waals surface area contributed by atoms with Crippen LogP contribution in [0, 0.1) is 13.8 Å². The van der Waals surface area contributed by atoms with E-state index in [-0.39, 0.29) is 18.0 Å². The summed E-state index contributed by atoms with van der Waals surface area (Å²) in [6.07, 6.45) is 3.36. The van der Waals surface area contributed by atoms with Crippen LogP contribution in [0.3, 0.4) is 0 Å². The molecule has 1 aromatic heterocycles. The molecule has 140 valence electrons. The van der Waals surface area contributed by atoms with Crippen LogP contribution in [-0.2, 0) is 23.1 Å². The summed E-state index contributed by atoms with van der Waals surface area (Å²) in [6, 6.07) is 16.4. The molecule has 0 aliphatic heterocycles. The third-order valence-corrected chi connectivity index (χ3v) is 6.63. The third-order valence-electron chi connectivity index (χ3n) is 4.46. The van der Waals surface area contributed by atoms with Crippen LogP contribution in [0.4, 0.5) is 0 Å². The summed E-state index contributed by atoms with van der Waals surface area (Å²) in [5.74, 6) is 0. The van der Waals surface area contributed by atoms with Crippen molar-refractivity contribution in [1.82, 2.24) is 9.29 Å². The molecule has 4 nitrogen and oxygen atoms in total. The molecule has 0 aliphatic rings. The summed E-state index contributed by atoms with van der Waals surface area (Å²) >= 11 is 6.08. The summed E-state index contributed by atoms with van der Waals surface area (Å²) < 4.78 is 28.4. The van der Waals surface area contributed by atoms with Gasteiger partial charge >= 0.3 is 0 Å². The standard InChI is InChI=1S/C21H21ClN2O2S/c1-16-6-3-4-8-19(16)15-24(14-18-7-5-11-23-13-18)27(25,26)21-12-20(22)10-9-17(21)2/h3-13H,14-15H2,1-2H3. The van der Waals surface area contributed by atoms with E-state index in [1.807, 2.05) is 37.3 Å². The third kappa shape index (κ3) is 4.56. The first-order valence-electron chi connectivity index (χ1n) is 8.57. The molecule has 2 aromatic carbocycles. The van der Waals surface area contributed by atoms with Crippen molar-refractivity contribution in [2.75, 3.05) is 0 Å². The Balaban J connectivity index is 2.05. The number of pyridine rings is 1. The fraction of sp³-hybridized carbons (Fsp3) is 0.190. The van der Waals surface area contributed by atoms with Gasteiger partial charge in [0.05, 0.1) is 4.90 Å². The highest BCUT2D eigenvalue weighted by molar-refractivity contribution is 7.89. The number of sulfonamides is 1. The SMILES string of the molecule is Cc1ccccc1CN(Cc1cccnc1)S(=O)(=O)c1cc(Cl)ccc1C. The van der Waals surface area contributed by atoms with Gasteiger partial charge in [-0.15, -0.1) is 0 Å². The highest BCUT2D eigenvalue weighted by Crippen LogP contribution is 2.26. The van der Waals surface area contributed by atoms with Crippen molar-refractivity contribution in [1.29, 1.82) is 0 Å². The summed E-state index contributed by atoms with van der Waals surface area (Å²) in [7, 11) is -3.75. The van der Waals surface area contributed by atoms with Crippen LogP contribution in [0.2, 0.25) is 5.02 Å². The highest BCUT2D eigenvalue weighted by atomic mass is 35.5. The fourth-order valence-corrected chi connectivity index (χ4v) is 4.78. The van der Waals surface area contributed by atoms with E-state index in [9.17, 15) is 8.42 Å². The minimum absolute atomic E-state index is 0.229. The maximum atomic E-state index is 13.5. The van der Waals surface area contributed by atoms with E-state index in [0.29, 0.717) is 10.6 Å². The minimum Gasteiger partial charge on any atom is -0.264 e. The highest BCUT2D eigenvalue weighted by Gasteiger charge is 2.27. The molecule has 0 radical (unpaired) electrons. The monoisotopic (exact) mass is 400 g/mol. The van der Waals surface area contributed by atoms with E-state index in [1.54, 1.807) is 37.5 Å². The van der Waals surface area contributed by atoms with Crippen LogP contribution in [-0.4, -0.2) is 17.7 Å². The second-order valence-corrected chi connectivity index (χ2v) is 8.81. The van der Waals surface area contributed by atoms with Crippen LogP contribution in [0.5, 0.6) is 0 Å². The molecule has 0 amide bonds. The quantitative estimate of drug-likeness (QED) is 0.600. The minimum atomic E-state index is -3.75. The second-order valence-electron chi connectivity index (χ2n) is 6.47. The molecule has 3 aromatic rings. The molecule has 0 saturated heterocycles. The zero-order chi connectivity index (χ0) is 19.4. The van der Waals surface area contributed by atoms with Crippen LogP contribution >= 0.6 is 11.6 Å². The maximum absolute atomic E-state index is 13.5. The first kappa shape index (κ1) is 19.5. The summed E-state index contributed by atoms with van der Waals surface area (Å²) in [5.41, 5.74) is 3.51. The fourth-order valence-electron chi connectivity index (χ4n) is 2.89. The van der Waals surface area contributed by atoms with E-state index >= 15 is 0 Å². The van der Waals surface area contributed by atoms with Gasteiger partial charge in [0.1, 0.15) is 0 Å². The second kappa shape index (κ2) is 8.21. The molecule has 27 heavy (non-hydrogen) atoms. The van der Waals surface area contributed by atoms with E-state index in [0.717, 1.165) is 16.7 Å². The molecule has 3 rings (SSSR count). The molecule has 6 heteroatoms. The molecular weight excluding hydrogens is 380 g/mol. The molecular formula is C21H21ClN2O2S. The van der Waals surface area contributed by atoms with Gasteiger partial charge in [0.15, 0.2) is 0 Å². The predicted octanol–water partition coefficient (Wildman–Crippen LogP) is 4.74. The number of benzene rings is 2. The van der Waals surface area contributed by atoms with E-state index in [1.165, 1.54) is 10.4 Å². The first-order valence-corrected chi connectivity index (χ1v) is 10.4. The lowest BCUT2D eigenvalue weighted by molar-refractivity contribution is 0.399. The first-order chi connectivity index (χ1) is 12.9. The van der Waals surface area contributed by atoms with Crippen molar-refractivity contribution < 1.29 is 8.42 Å². The van der Waals surface area contributed by atoms with Gasteiger partial charge in [0.2, 0.25) is 10.0 Å². The normalized spacial score (nSPS) is 11.7. The lowest BCUT2D eigenvalue weighted by Crippen LogP contribution is -2.31. The molecule has 0 saturated carbocycles. The number of hydrogen-bond acceptors (Lipinski definition) is 3. The van der Waals surface area contributed by atoms with Crippen LogP contribution in [0.25, 0.3) is 0 Å². The van der Waals surface area contributed by atoms with Crippen molar-refractivity contribution >= 4 is 21.6 Å². The van der Waals surface area contributed by atoms with Crippen molar-refractivity contribution in [3.63, 3.8) is 0 Å². The number of halogens is 1. The van der Waals surface area contributed by atoms with Gasteiger partial charge in [-0.05, 0) is 54.3 Å². The number of hydrogen-bond donors (Lipinski definition) is 0. The molecule has 0 fully saturated rings. The Morgan fingerprint density at radius 3 is 2.44 bits per heavy atom. The number of rotatable bonds is 6. The Bertz CT molecular complexity index is 1040. The summed E-state index contributed by atoms with van der Waals surface area (Å²) in [5, 5.41) is 0.399. The van der Waals surface area contributed by atoms with Crippen LogP contribution in [0.15, 0.2) is 71.9 Å². The van der Waals surface area contributed by atoms with Crippen molar-refractivity contribution in [2.24, 2.45) is 0 Å². The van der Waals surface area contributed by atoms with Crippen molar-refractivity contribution in [2.45, 2.75) is 31.8 Å². The van der Waals surface area contributed by atoms with Crippen molar-refractivity contribution in [3.05, 3.63) is 94.3 Å². The van der Waals surface area contributed by atoms with Gasteiger partial charge in [-0.3, -0.25) is 4.98 Å². The average molecular weight is 401 g/mol. The predicted molar refractivity (Wildman–Crippen MR) is 108 cm³/mol. The molecule has 0 unspecified atom stereocenters. The van der Waals surface area contributed by atoms with E-state index in [2.05, 4.69) is 4.98 Å². The van der Waals surface area contributed by atoms with Gasteiger partial charge in [0, 0.05) is 30.5 Å². The van der Waals surface area contributed by atoms with Gasteiger partial charge < -0.3 is 0 Å². The summed E-state index contributed by atoms with van der Waals surface area (Å²) in [4.78, 5) is 4.34. The number of aryl methyl sites for hydroxylation is 2. The Morgan fingerprint density at radius 1 is 0.963 bits per heavy atom. The van der Waals surface area contributed by atoms with Gasteiger partial charge in [-0.25, -0.2) is 8.42 Å². The van der Waals surface area contributed by atoms with Gasteiger partial charge in [-0.1, -0.05) is 48.0 Å². The Kier molecular flexibility index (Phi) is 5.95. The molecule has 0 atom stereocenters. The van der Waals surface area contributed by atoms with Crippen LogP contribution in [0.1, 0.15) is 22.3 Å². The number of nitrogens with zero attached hydrogens (tertiary/aromatic N) is 2. The van der Waals surface area contributed by atoms with Crippen molar-refractivity contribution in [3.8, 4) is 0 Å². The molecule has 0 bridgehead atoms. The average Bonchev–Trinajstić information content (AvgIpc) is 2.65. The molecule has 0 N–H and O–H groups in total. The maximum Gasteiger partial charge on any atom is 0.243 e. The number of aromatic nitrogens is 1. The summed E-state index contributed by atoms with van der Waals surface area (Å²) in [6.45, 7) is 4.26. The Labute approximate surface area is 165 Å². The topological polar surface area (TPSA) is 50.3 Å². The van der Waals surface area contributed by atoms with Gasteiger partial charge in [-0.2, -0.15) is 4.31 Å². The lowest BCUT2D eigenvalue weighted by Gasteiger charge is -2.24. The lowest BCUT2D eigenvalue weighted by atomic mass is 10.1. The zero-order valence-corrected chi connectivity index (χ0v) is 16.8.